The molecule has 98 valence electrons. The molecule has 0 spiro atoms. The standard InChI is InChI=1S/C14H13NO4/c1-9-3-4-11(14(16)17)12(7-9)19-10-5-6-15-13(8-10)18-2/h3-8H,1-2H3,(H,16,17). The number of hydrogen-bond donors (Lipinski definition) is 1. The number of methoxy groups -OCH3 is 1. The number of benzene rings is 1. The molecule has 0 bridgehead atoms. The fraction of sp³-hybridized carbons (Fsp3) is 0.143. The third-order valence-electron chi connectivity index (χ3n) is 2.51. The van der Waals surface area contributed by atoms with Crippen LogP contribution in [-0.4, -0.2) is 23.2 Å². The van der Waals surface area contributed by atoms with Crippen molar-refractivity contribution in [3.8, 4) is 17.4 Å². The minimum absolute atomic E-state index is 0.112. The first kappa shape index (κ1) is 12.9. The van der Waals surface area contributed by atoms with Crippen molar-refractivity contribution in [2.75, 3.05) is 7.11 Å². The molecular formula is C14H13NO4. The molecule has 0 atom stereocenters. The quantitative estimate of drug-likeness (QED) is 0.914. The monoisotopic (exact) mass is 259 g/mol. The number of aryl methyl sites for hydroxylation is 1. The molecule has 0 unspecified atom stereocenters. The maximum Gasteiger partial charge on any atom is 0.339 e. The lowest BCUT2D eigenvalue weighted by molar-refractivity contribution is 0.0694. The highest BCUT2D eigenvalue weighted by Crippen LogP contribution is 2.27. The van der Waals surface area contributed by atoms with Crippen molar-refractivity contribution < 1.29 is 19.4 Å². The maximum absolute atomic E-state index is 11.1. The lowest BCUT2D eigenvalue weighted by Crippen LogP contribution is -2.00. The molecule has 1 heterocycles. The Hall–Kier alpha value is -2.56. The normalized spacial score (nSPS) is 10.0. The van der Waals surface area contributed by atoms with Crippen molar-refractivity contribution in [2.24, 2.45) is 0 Å². The summed E-state index contributed by atoms with van der Waals surface area (Å²) in [5, 5.41) is 9.12. The second-order valence-corrected chi connectivity index (χ2v) is 3.94. The van der Waals surface area contributed by atoms with E-state index < -0.39 is 5.97 Å². The SMILES string of the molecule is COc1cc(Oc2cc(C)ccc2C(=O)O)ccn1. The summed E-state index contributed by atoms with van der Waals surface area (Å²) in [7, 11) is 1.50. The highest BCUT2D eigenvalue weighted by molar-refractivity contribution is 5.91. The molecule has 0 saturated carbocycles. The van der Waals surface area contributed by atoms with Gasteiger partial charge in [0, 0.05) is 12.3 Å². The zero-order valence-corrected chi connectivity index (χ0v) is 10.6. The summed E-state index contributed by atoms with van der Waals surface area (Å²) in [5.74, 6) is 0.138. The fourth-order valence-corrected chi connectivity index (χ4v) is 1.58. The van der Waals surface area contributed by atoms with Crippen LogP contribution in [0.3, 0.4) is 0 Å². The van der Waals surface area contributed by atoms with Crippen molar-refractivity contribution in [3.05, 3.63) is 47.7 Å². The van der Waals surface area contributed by atoms with Crippen LogP contribution in [0.25, 0.3) is 0 Å². The lowest BCUT2D eigenvalue weighted by atomic mass is 10.1. The minimum atomic E-state index is -1.03. The number of carbonyl (C=O) groups is 1. The Balaban J connectivity index is 2.36. The molecule has 0 saturated heterocycles. The number of pyridine rings is 1. The van der Waals surface area contributed by atoms with E-state index in [1.54, 1.807) is 24.3 Å². The molecule has 0 aliphatic carbocycles. The van der Waals surface area contributed by atoms with Gasteiger partial charge in [0.1, 0.15) is 17.1 Å². The second kappa shape index (κ2) is 5.39. The molecule has 0 amide bonds. The van der Waals surface area contributed by atoms with Crippen LogP contribution >= 0.6 is 0 Å². The van der Waals surface area contributed by atoms with Gasteiger partial charge in [-0.05, 0) is 30.7 Å². The molecule has 2 aromatic rings. The van der Waals surface area contributed by atoms with E-state index in [1.807, 2.05) is 6.92 Å². The van der Waals surface area contributed by atoms with Crippen molar-refractivity contribution in [1.82, 2.24) is 4.98 Å². The zero-order valence-electron chi connectivity index (χ0n) is 10.6. The van der Waals surface area contributed by atoms with Crippen LogP contribution in [-0.2, 0) is 0 Å². The maximum atomic E-state index is 11.1. The van der Waals surface area contributed by atoms with Gasteiger partial charge in [0.25, 0.3) is 0 Å². The third-order valence-corrected chi connectivity index (χ3v) is 2.51. The molecule has 0 fully saturated rings. The molecule has 1 aromatic carbocycles. The summed E-state index contributed by atoms with van der Waals surface area (Å²) in [6, 6.07) is 8.15. The zero-order chi connectivity index (χ0) is 13.8. The molecule has 2 rings (SSSR count). The Morgan fingerprint density at radius 2 is 2.05 bits per heavy atom. The minimum Gasteiger partial charge on any atom is -0.481 e. The first-order valence-corrected chi connectivity index (χ1v) is 5.62. The van der Waals surface area contributed by atoms with Crippen LogP contribution in [0.2, 0.25) is 0 Å². The Bertz CT molecular complexity index is 610. The number of hydrogen-bond acceptors (Lipinski definition) is 4. The summed E-state index contributed by atoms with van der Waals surface area (Å²) in [6.07, 6.45) is 1.53. The van der Waals surface area contributed by atoms with Gasteiger partial charge in [-0.25, -0.2) is 9.78 Å². The van der Waals surface area contributed by atoms with E-state index in [-0.39, 0.29) is 5.56 Å². The third kappa shape index (κ3) is 3.01. The van der Waals surface area contributed by atoms with E-state index in [2.05, 4.69) is 4.98 Å². The summed E-state index contributed by atoms with van der Waals surface area (Å²) in [5.41, 5.74) is 1.03. The van der Waals surface area contributed by atoms with Gasteiger partial charge in [-0.15, -0.1) is 0 Å². The van der Waals surface area contributed by atoms with E-state index in [0.717, 1.165) is 5.56 Å². The van der Waals surface area contributed by atoms with Crippen LogP contribution < -0.4 is 9.47 Å². The first-order valence-electron chi connectivity index (χ1n) is 5.62. The Morgan fingerprint density at radius 3 is 2.74 bits per heavy atom. The molecule has 1 aromatic heterocycles. The lowest BCUT2D eigenvalue weighted by Gasteiger charge is -2.10. The predicted octanol–water partition coefficient (Wildman–Crippen LogP) is 2.89. The molecule has 5 heteroatoms. The average Bonchev–Trinajstić information content (AvgIpc) is 2.38. The van der Waals surface area contributed by atoms with E-state index in [0.29, 0.717) is 17.4 Å². The molecule has 0 aliphatic heterocycles. The van der Waals surface area contributed by atoms with E-state index in [1.165, 1.54) is 19.4 Å². The van der Waals surface area contributed by atoms with Gasteiger partial charge in [0.2, 0.25) is 5.88 Å². The van der Waals surface area contributed by atoms with Gasteiger partial charge in [-0.2, -0.15) is 0 Å². The Labute approximate surface area is 110 Å². The highest BCUT2D eigenvalue weighted by atomic mass is 16.5. The molecule has 1 N–H and O–H groups in total. The van der Waals surface area contributed by atoms with Crippen LogP contribution in [0.4, 0.5) is 0 Å². The molecule has 0 radical (unpaired) electrons. The van der Waals surface area contributed by atoms with Crippen LogP contribution in [0.5, 0.6) is 17.4 Å². The second-order valence-electron chi connectivity index (χ2n) is 3.94. The number of aromatic nitrogens is 1. The summed E-state index contributed by atoms with van der Waals surface area (Å²) < 4.78 is 10.6. The highest BCUT2D eigenvalue weighted by Gasteiger charge is 2.12. The topological polar surface area (TPSA) is 68.7 Å². The van der Waals surface area contributed by atoms with Gasteiger partial charge in [0.05, 0.1) is 7.11 Å². The van der Waals surface area contributed by atoms with Crippen molar-refractivity contribution in [2.45, 2.75) is 6.92 Å². The van der Waals surface area contributed by atoms with Crippen molar-refractivity contribution in [3.63, 3.8) is 0 Å². The predicted molar refractivity (Wildman–Crippen MR) is 69.0 cm³/mol. The molecule has 0 aliphatic rings. The van der Waals surface area contributed by atoms with Gasteiger partial charge in [-0.1, -0.05) is 6.07 Å². The number of carboxylic acids is 1. The molecular weight excluding hydrogens is 246 g/mol. The van der Waals surface area contributed by atoms with E-state index in [9.17, 15) is 4.79 Å². The number of rotatable bonds is 4. The van der Waals surface area contributed by atoms with Crippen LogP contribution in [0.15, 0.2) is 36.5 Å². The smallest absolute Gasteiger partial charge is 0.339 e. The van der Waals surface area contributed by atoms with Crippen LogP contribution in [0.1, 0.15) is 15.9 Å². The van der Waals surface area contributed by atoms with Crippen molar-refractivity contribution in [1.29, 1.82) is 0 Å². The van der Waals surface area contributed by atoms with Crippen LogP contribution in [0, 0.1) is 6.92 Å². The largest absolute Gasteiger partial charge is 0.481 e. The number of aromatic carboxylic acids is 1. The van der Waals surface area contributed by atoms with Gasteiger partial charge in [0.15, 0.2) is 0 Å². The summed E-state index contributed by atoms with van der Waals surface area (Å²) in [6.45, 7) is 1.87. The Kier molecular flexibility index (Phi) is 3.66. The van der Waals surface area contributed by atoms with Crippen molar-refractivity contribution >= 4 is 5.97 Å². The first-order chi connectivity index (χ1) is 9.10. The number of carboxylic acid groups (broad SMARTS) is 1. The Morgan fingerprint density at radius 1 is 1.26 bits per heavy atom. The molecule has 5 nitrogen and oxygen atoms in total. The van der Waals surface area contributed by atoms with E-state index >= 15 is 0 Å². The van der Waals surface area contributed by atoms with Gasteiger partial charge >= 0.3 is 5.97 Å². The molecule has 19 heavy (non-hydrogen) atoms. The fourth-order valence-electron chi connectivity index (χ4n) is 1.58. The number of nitrogens with zero attached hydrogens (tertiary/aromatic N) is 1. The van der Waals surface area contributed by atoms with Gasteiger partial charge in [-0.3, -0.25) is 0 Å². The van der Waals surface area contributed by atoms with E-state index in [4.69, 9.17) is 14.6 Å². The summed E-state index contributed by atoms with van der Waals surface area (Å²) in [4.78, 5) is 15.1. The number of ether oxygens (including phenoxy) is 2. The average molecular weight is 259 g/mol. The van der Waals surface area contributed by atoms with Gasteiger partial charge < -0.3 is 14.6 Å². The summed E-state index contributed by atoms with van der Waals surface area (Å²) >= 11 is 0.